The number of ether oxygens (including phenoxy) is 1. The minimum absolute atomic E-state index is 0.176. The molecule has 0 amide bonds. The lowest BCUT2D eigenvalue weighted by Gasteiger charge is -2.35. The van der Waals surface area contributed by atoms with Crippen molar-refractivity contribution >= 4 is 5.97 Å². The van der Waals surface area contributed by atoms with E-state index in [-0.39, 0.29) is 17.8 Å². The highest BCUT2D eigenvalue weighted by molar-refractivity contribution is 5.88. The minimum Gasteiger partial charge on any atom is -0.478 e. The quantitative estimate of drug-likeness (QED) is 0.860. The molecule has 0 unspecified atom stereocenters. The lowest BCUT2D eigenvalue weighted by Crippen LogP contribution is -2.45. The zero-order valence-corrected chi connectivity index (χ0v) is 11.0. The van der Waals surface area contributed by atoms with Crippen molar-refractivity contribution in [1.82, 2.24) is 14.7 Å². The third-order valence-electron chi connectivity index (χ3n) is 3.16. The van der Waals surface area contributed by atoms with Gasteiger partial charge in [0.1, 0.15) is 5.56 Å². The third kappa shape index (κ3) is 2.70. The summed E-state index contributed by atoms with van der Waals surface area (Å²) in [7, 11) is 1.77. The highest BCUT2D eigenvalue weighted by atomic mass is 16.5. The number of aromatic nitrogens is 2. The predicted octanol–water partition coefficient (Wildman–Crippen LogP) is 0.728. The fraction of sp³-hybridized carbons (Fsp3) is 0.667. The molecule has 0 aromatic carbocycles. The molecule has 1 aromatic heterocycles. The summed E-state index contributed by atoms with van der Waals surface area (Å²) in [5.74, 6) is -0.924. The van der Waals surface area contributed by atoms with Gasteiger partial charge in [0.2, 0.25) is 0 Å². The number of rotatable bonds is 3. The Morgan fingerprint density at radius 2 is 2.11 bits per heavy atom. The lowest BCUT2D eigenvalue weighted by molar-refractivity contribution is -0.0710. The monoisotopic (exact) mass is 253 g/mol. The molecule has 1 saturated heterocycles. The first kappa shape index (κ1) is 13.0. The highest BCUT2D eigenvalue weighted by Crippen LogP contribution is 2.16. The van der Waals surface area contributed by atoms with Crippen LogP contribution in [0.2, 0.25) is 0 Å². The van der Waals surface area contributed by atoms with Crippen molar-refractivity contribution in [2.24, 2.45) is 7.05 Å². The van der Waals surface area contributed by atoms with Gasteiger partial charge in [-0.25, -0.2) is 4.79 Å². The number of carbonyl (C=O) groups is 1. The SMILES string of the molecule is C[C@@H]1CN(Cc2c(C(=O)O)cnn2C)C[C@H](C)O1. The van der Waals surface area contributed by atoms with E-state index in [0.29, 0.717) is 6.54 Å². The summed E-state index contributed by atoms with van der Waals surface area (Å²) in [5, 5.41) is 13.1. The summed E-state index contributed by atoms with van der Waals surface area (Å²) in [4.78, 5) is 13.3. The molecule has 0 aliphatic carbocycles. The van der Waals surface area contributed by atoms with Crippen molar-refractivity contribution in [3.63, 3.8) is 0 Å². The molecule has 18 heavy (non-hydrogen) atoms. The van der Waals surface area contributed by atoms with Crippen LogP contribution in [0.4, 0.5) is 0 Å². The van der Waals surface area contributed by atoms with Crippen LogP contribution >= 0.6 is 0 Å². The van der Waals surface area contributed by atoms with Crippen LogP contribution in [-0.4, -0.2) is 51.1 Å². The number of hydrogen-bond acceptors (Lipinski definition) is 4. The zero-order valence-electron chi connectivity index (χ0n) is 11.0. The first-order chi connectivity index (χ1) is 8.47. The van der Waals surface area contributed by atoms with Crippen LogP contribution in [0.25, 0.3) is 0 Å². The van der Waals surface area contributed by atoms with Crippen LogP contribution in [0, 0.1) is 0 Å². The van der Waals surface area contributed by atoms with Crippen LogP contribution in [0.15, 0.2) is 6.20 Å². The predicted molar refractivity (Wildman–Crippen MR) is 65.5 cm³/mol. The highest BCUT2D eigenvalue weighted by Gasteiger charge is 2.25. The summed E-state index contributed by atoms with van der Waals surface area (Å²) < 4.78 is 7.30. The van der Waals surface area contributed by atoms with Crippen molar-refractivity contribution in [3.8, 4) is 0 Å². The molecule has 0 spiro atoms. The largest absolute Gasteiger partial charge is 0.478 e. The van der Waals surface area contributed by atoms with Gasteiger partial charge in [-0.1, -0.05) is 0 Å². The molecule has 100 valence electrons. The molecule has 0 bridgehead atoms. The third-order valence-corrected chi connectivity index (χ3v) is 3.16. The molecular weight excluding hydrogens is 234 g/mol. The summed E-state index contributed by atoms with van der Waals surface area (Å²) in [5.41, 5.74) is 1.02. The summed E-state index contributed by atoms with van der Waals surface area (Å²) in [6.07, 6.45) is 1.76. The van der Waals surface area contributed by atoms with Gasteiger partial charge >= 0.3 is 5.97 Å². The first-order valence-electron chi connectivity index (χ1n) is 6.09. The van der Waals surface area contributed by atoms with E-state index < -0.39 is 5.97 Å². The van der Waals surface area contributed by atoms with Gasteiger partial charge in [0.05, 0.1) is 24.1 Å². The van der Waals surface area contributed by atoms with Gasteiger partial charge in [0.15, 0.2) is 0 Å². The van der Waals surface area contributed by atoms with Crippen molar-refractivity contribution in [1.29, 1.82) is 0 Å². The van der Waals surface area contributed by atoms with Crippen LogP contribution in [0.5, 0.6) is 0 Å². The number of aryl methyl sites for hydroxylation is 1. The molecule has 0 radical (unpaired) electrons. The smallest absolute Gasteiger partial charge is 0.339 e. The molecular formula is C12H19N3O3. The maximum atomic E-state index is 11.1. The van der Waals surface area contributed by atoms with E-state index in [1.807, 2.05) is 13.8 Å². The molecule has 1 fully saturated rings. The Labute approximate surface area is 106 Å². The van der Waals surface area contributed by atoms with Gasteiger partial charge in [0.25, 0.3) is 0 Å². The minimum atomic E-state index is -0.924. The second-order valence-electron chi connectivity index (χ2n) is 4.89. The molecule has 0 saturated carbocycles. The summed E-state index contributed by atoms with van der Waals surface area (Å²) in [6, 6.07) is 0. The van der Waals surface area contributed by atoms with Gasteiger partial charge in [-0.2, -0.15) is 5.10 Å². The molecule has 1 aliphatic heterocycles. The molecule has 2 heterocycles. The molecule has 2 rings (SSSR count). The molecule has 2 atom stereocenters. The zero-order chi connectivity index (χ0) is 13.3. The van der Waals surface area contributed by atoms with Gasteiger partial charge in [-0.3, -0.25) is 9.58 Å². The van der Waals surface area contributed by atoms with Crippen molar-refractivity contribution in [3.05, 3.63) is 17.5 Å². The van der Waals surface area contributed by atoms with E-state index in [1.165, 1.54) is 6.20 Å². The second kappa shape index (κ2) is 5.07. The van der Waals surface area contributed by atoms with E-state index in [0.717, 1.165) is 18.8 Å². The number of morpholine rings is 1. The summed E-state index contributed by atoms with van der Waals surface area (Å²) in [6.45, 7) is 6.29. The Bertz CT molecular complexity index is 434. The number of nitrogens with zero attached hydrogens (tertiary/aromatic N) is 3. The average Bonchev–Trinajstić information content (AvgIpc) is 2.59. The van der Waals surface area contributed by atoms with E-state index >= 15 is 0 Å². The molecule has 6 heteroatoms. The van der Waals surface area contributed by atoms with E-state index in [9.17, 15) is 4.79 Å². The van der Waals surface area contributed by atoms with E-state index in [4.69, 9.17) is 9.84 Å². The maximum Gasteiger partial charge on any atom is 0.339 e. The Hall–Kier alpha value is -1.40. The topological polar surface area (TPSA) is 67.6 Å². The normalized spacial score (nSPS) is 25.3. The van der Waals surface area contributed by atoms with Crippen LogP contribution in [0.3, 0.4) is 0 Å². The number of hydrogen-bond donors (Lipinski definition) is 1. The molecule has 1 N–H and O–H groups in total. The van der Waals surface area contributed by atoms with Gasteiger partial charge in [-0.05, 0) is 13.8 Å². The maximum absolute atomic E-state index is 11.1. The number of carboxylic acids is 1. The van der Waals surface area contributed by atoms with E-state index in [1.54, 1.807) is 11.7 Å². The lowest BCUT2D eigenvalue weighted by atomic mass is 10.2. The van der Waals surface area contributed by atoms with Crippen molar-refractivity contribution in [2.45, 2.75) is 32.6 Å². The Balaban J connectivity index is 2.13. The van der Waals surface area contributed by atoms with Gasteiger partial charge < -0.3 is 9.84 Å². The molecule has 1 aromatic rings. The fourth-order valence-electron chi connectivity index (χ4n) is 2.45. The standard InChI is InChI=1S/C12H19N3O3/c1-8-5-15(6-9(2)18-8)7-11-10(12(16)17)4-13-14(11)3/h4,8-9H,5-7H2,1-3H3,(H,16,17)/t8-,9+. The average molecular weight is 253 g/mol. The fourth-order valence-corrected chi connectivity index (χ4v) is 2.45. The number of aromatic carboxylic acids is 1. The Kier molecular flexibility index (Phi) is 3.68. The van der Waals surface area contributed by atoms with Gasteiger partial charge in [-0.15, -0.1) is 0 Å². The van der Waals surface area contributed by atoms with Crippen molar-refractivity contribution in [2.75, 3.05) is 13.1 Å². The Morgan fingerprint density at radius 1 is 1.50 bits per heavy atom. The van der Waals surface area contributed by atoms with E-state index in [2.05, 4.69) is 10.00 Å². The number of carboxylic acid groups (broad SMARTS) is 1. The van der Waals surface area contributed by atoms with Crippen LogP contribution < -0.4 is 0 Å². The van der Waals surface area contributed by atoms with Gasteiger partial charge in [0, 0.05) is 26.7 Å². The second-order valence-corrected chi connectivity index (χ2v) is 4.89. The molecule has 1 aliphatic rings. The summed E-state index contributed by atoms with van der Waals surface area (Å²) >= 11 is 0. The molecule has 6 nitrogen and oxygen atoms in total. The van der Waals surface area contributed by atoms with Crippen LogP contribution in [-0.2, 0) is 18.3 Å². The Morgan fingerprint density at radius 3 is 2.67 bits per heavy atom. The first-order valence-corrected chi connectivity index (χ1v) is 6.09. The van der Waals surface area contributed by atoms with Crippen molar-refractivity contribution < 1.29 is 14.6 Å². The van der Waals surface area contributed by atoms with Crippen LogP contribution in [0.1, 0.15) is 29.9 Å².